The molecule has 5 nitrogen and oxygen atoms in total. The Kier molecular flexibility index (Phi) is 4.83. The van der Waals surface area contributed by atoms with Gasteiger partial charge in [0.1, 0.15) is 5.54 Å². The van der Waals surface area contributed by atoms with E-state index in [2.05, 4.69) is 13.8 Å². The van der Waals surface area contributed by atoms with Crippen LogP contribution in [0.1, 0.15) is 51.7 Å². The number of hydrogen-bond acceptors (Lipinski definition) is 3. The van der Waals surface area contributed by atoms with E-state index in [9.17, 15) is 14.4 Å². The molecule has 1 heterocycles. The lowest BCUT2D eigenvalue weighted by atomic mass is 9.95. The molecule has 24 heavy (non-hydrogen) atoms. The van der Waals surface area contributed by atoms with Crippen molar-refractivity contribution in [1.82, 2.24) is 9.80 Å². The van der Waals surface area contributed by atoms with Gasteiger partial charge in [-0.15, -0.1) is 0 Å². The van der Waals surface area contributed by atoms with Gasteiger partial charge in [0.15, 0.2) is 0 Å². The summed E-state index contributed by atoms with van der Waals surface area (Å²) in [5.41, 5.74) is 1.02. The molecule has 5 heteroatoms. The van der Waals surface area contributed by atoms with Crippen LogP contribution in [-0.2, 0) is 16.0 Å². The van der Waals surface area contributed by atoms with Crippen LogP contribution < -0.4 is 0 Å². The van der Waals surface area contributed by atoms with Crippen molar-refractivity contribution in [2.75, 3.05) is 7.05 Å². The third kappa shape index (κ3) is 3.07. The average Bonchev–Trinajstić information content (AvgIpc) is 2.67. The summed E-state index contributed by atoms with van der Waals surface area (Å²) in [5.74, 6) is -0.928. The zero-order chi connectivity index (χ0) is 18.2. The van der Waals surface area contributed by atoms with E-state index in [0.29, 0.717) is 5.92 Å². The number of carbonyl (C=O) groups excluding carboxylic acids is 3. The molecule has 1 unspecified atom stereocenters. The van der Waals surface area contributed by atoms with Crippen LogP contribution in [0, 0.1) is 5.92 Å². The molecule has 130 valence electrons. The second-order valence-corrected chi connectivity index (χ2v) is 7.44. The van der Waals surface area contributed by atoms with Crippen molar-refractivity contribution in [3.8, 4) is 0 Å². The first-order valence-corrected chi connectivity index (χ1v) is 8.32. The molecular weight excluding hydrogens is 304 g/mol. The van der Waals surface area contributed by atoms with Crippen LogP contribution in [0.3, 0.4) is 0 Å². The predicted octanol–water partition coefficient (Wildman–Crippen LogP) is 3.19. The Balaban J connectivity index is 2.21. The van der Waals surface area contributed by atoms with E-state index in [-0.39, 0.29) is 0 Å². The van der Waals surface area contributed by atoms with Crippen LogP contribution in [0.25, 0.3) is 0 Å². The van der Waals surface area contributed by atoms with Crippen molar-refractivity contribution >= 4 is 17.8 Å². The lowest BCUT2D eigenvalue weighted by Gasteiger charge is -2.22. The third-order valence-corrected chi connectivity index (χ3v) is 4.76. The van der Waals surface area contributed by atoms with E-state index in [1.807, 2.05) is 24.3 Å². The molecule has 2 rings (SSSR count). The summed E-state index contributed by atoms with van der Waals surface area (Å²) in [6.45, 7) is 9.33. The van der Waals surface area contributed by atoms with Crippen molar-refractivity contribution in [1.29, 1.82) is 0 Å². The molecule has 0 aromatic heterocycles. The third-order valence-electron chi connectivity index (χ3n) is 4.76. The van der Waals surface area contributed by atoms with Crippen LogP contribution in [0.2, 0.25) is 0 Å². The van der Waals surface area contributed by atoms with E-state index >= 15 is 0 Å². The fraction of sp³-hybridized carbons (Fsp3) is 0.526. The number of rotatable bonds is 4. The van der Waals surface area contributed by atoms with Crippen LogP contribution in [-0.4, -0.2) is 40.2 Å². The van der Waals surface area contributed by atoms with Gasteiger partial charge in [0, 0.05) is 7.05 Å². The van der Waals surface area contributed by atoms with Gasteiger partial charge in [-0.25, -0.2) is 4.79 Å². The standard InChI is InChI=1S/C19H26N2O3/c1-12(2)11-14-7-9-15(10-8-14)13(3)16(22)21-17(23)19(4,5)20(6)18(21)24/h7-10,12-13H,11H2,1-6H3. The summed E-state index contributed by atoms with van der Waals surface area (Å²) in [7, 11) is 1.54. The number of likely N-dealkylation sites (N-methyl/N-ethyl adjacent to an activating group) is 1. The lowest BCUT2D eigenvalue weighted by Crippen LogP contribution is -2.43. The zero-order valence-corrected chi connectivity index (χ0v) is 15.3. The van der Waals surface area contributed by atoms with Gasteiger partial charge < -0.3 is 4.90 Å². The highest BCUT2D eigenvalue weighted by molar-refractivity contribution is 6.18. The molecule has 1 aromatic carbocycles. The highest BCUT2D eigenvalue weighted by Crippen LogP contribution is 2.29. The number of urea groups is 1. The van der Waals surface area contributed by atoms with E-state index in [4.69, 9.17) is 0 Å². The molecule has 1 aliphatic rings. The second kappa shape index (κ2) is 6.38. The molecule has 0 spiro atoms. The fourth-order valence-electron chi connectivity index (χ4n) is 2.84. The number of imide groups is 3. The maximum absolute atomic E-state index is 12.7. The summed E-state index contributed by atoms with van der Waals surface area (Å²) in [6.07, 6.45) is 0.977. The van der Waals surface area contributed by atoms with Gasteiger partial charge in [-0.05, 0) is 44.2 Å². The van der Waals surface area contributed by atoms with E-state index in [1.54, 1.807) is 27.8 Å². The molecular formula is C19H26N2O3. The van der Waals surface area contributed by atoms with Gasteiger partial charge in [-0.1, -0.05) is 38.1 Å². The van der Waals surface area contributed by atoms with Crippen molar-refractivity contribution in [3.05, 3.63) is 35.4 Å². The Morgan fingerprint density at radius 3 is 2.04 bits per heavy atom. The number of hydrogen-bond donors (Lipinski definition) is 0. The van der Waals surface area contributed by atoms with Crippen molar-refractivity contribution in [2.45, 2.75) is 52.5 Å². The SMILES string of the molecule is CC(C)Cc1ccc(C(C)C(=O)N2C(=O)N(C)C(C)(C)C2=O)cc1. The first-order chi connectivity index (χ1) is 11.1. The number of benzene rings is 1. The van der Waals surface area contributed by atoms with Crippen molar-refractivity contribution in [2.24, 2.45) is 5.92 Å². The maximum atomic E-state index is 12.7. The first kappa shape index (κ1) is 18.2. The van der Waals surface area contributed by atoms with Crippen LogP contribution in [0.4, 0.5) is 4.79 Å². The molecule has 1 aromatic rings. The molecule has 1 atom stereocenters. The van der Waals surface area contributed by atoms with Crippen molar-refractivity contribution in [3.63, 3.8) is 0 Å². The van der Waals surface area contributed by atoms with Crippen molar-refractivity contribution < 1.29 is 14.4 Å². The Morgan fingerprint density at radius 1 is 1.08 bits per heavy atom. The molecule has 0 bridgehead atoms. The van der Waals surface area contributed by atoms with Gasteiger partial charge in [-0.3, -0.25) is 9.59 Å². The second-order valence-electron chi connectivity index (χ2n) is 7.44. The summed E-state index contributed by atoms with van der Waals surface area (Å²) in [4.78, 5) is 39.6. The number of nitrogens with zero attached hydrogens (tertiary/aromatic N) is 2. The molecule has 0 radical (unpaired) electrons. The van der Waals surface area contributed by atoms with Crippen LogP contribution in [0.15, 0.2) is 24.3 Å². The maximum Gasteiger partial charge on any atom is 0.334 e. The normalized spacial score (nSPS) is 18.5. The van der Waals surface area contributed by atoms with Crippen LogP contribution in [0.5, 0.6) is 0 Å². The minimum atomic E-state index is -0.992. The molecule has 1 aliphatic heterocycles. The summed E-state index contributed by atoms with van der Waals surface area (Å²) in [5, 5.41) is 0. The Bertz CT molecular complexity index is 662. The topological polar surface area (TPSA) is 57.7 Å². The van der Waals surface area contributed by atoms with Gasteiger partial charge in [0.25, 0.3) is 5.91 Å². The Hall–Kier alpha value is -2.17. The summed E-state index contributed by atoms with van der Waals surface area (Å²) in [6, 6.07) is 7.25. The van der Waals surface area contributed by atoms with E-state index in [0.717, 1.165) is 16.9 Å². The highest BCUT2D eigenvalue weighted by Gasteiger charge is 2.52. The Morgan fingerprint density at radius 2 is 1.62 bits per heavy atom. The summed E-state index contributed by atoms with van der Waals surface area (Å²) >= 11 is 0. The van der Waals surface area contributed by atoms with Gasteiger partial charge in [0.2, 0.25) is 5.91 Å². The molecule has 4 amide bonds. The molecule has 0 saturated carbocycles. The minimum absolute atomic E-state index is 0.469. The first-order valence-electron chi connectivity index (χ1n) is 8.32. The lowest BCUT2D eigenvalue weighted by molar-refractivity contribution is -0.142. The number of carbonyl (C=O) groups is 3. The highest BCUT2D eigenvalue weighted by atomic mass is 16.2. The molecule has 0 aliphatic carbocycles. The minimum Gasteiger partial charge on any atom is -0.313 e. The van der Waals surface area contributed by atoms with Gasteiger partial charge >= 0.3 is 6.03 Å². The quantitative estimate of drug-likeness (QED) is 0.797. The fourth-order valence-corrected chi connectivity index (χ4v) is 2.84. The zero-order valence-electron chi connectivity index (χ0n) is 15.3. The van der Waals surface area contributed by atoms with Gasteiger partial charge in [-0.2, -0.15) is 4.90 Å². The Labute approximate surface area is 143 Å². The predicted molar refractivity (Wildman–Crippen MR) is 92.5 cm³/mol. The van der Waals surface area contributed by atoms with Crippen LogP contribution >= 0.6 is 0 Å². The van der Waals surface area contributed by atoms with Gasteiger partial charge in [0.05, 0.1) is 5.92 Å². The smallest absolute Gasteiger partial charge is 0.313 e. The largest absolute Gasteiger partial charge is 0.334 e. The molecule has 1 saturated heterocycles. The molecule has 1 fully saturated rings. The molecule has 0 N–H and O–H groups in total. The monoisotopic (exact) mass is 330 g/mol. The van der Waals surface area contributed by atoms with E-state index in [1.165, 1.54) is 10.5 Å². The van der Waals surface area contributed by atoms with E-state index < -0.39 is 29.3 Å². The summed E-state index contributed by atoms with van der Waals surface area (Å²) < 4.78 is 0. The number of amides is 4. The average molecular weight is 330 g/mol.